The Hall–Kier alpha value is -3.88. The van der Waals surface area contributed by atoms with Crippen LogP contribution >= 0.6 is 8.25 Å². The van der Waals surface area contributed by atoms with Gasteiger partial charge in [-0.05, 0) is 40.0 Å². The molecule has 12 atom stereocenters. The molecule has 0 radical (unpaired) electrons. The van der Waals surface area contributed by atoms with E-state index in [1.165, 1.54) is 104 Å². The van der Waals surface area contributed by atoms with Gasteiger partial charge in [-0.2, -0.15) is 0 Å². The number of carbonyl (C=O) groups excluding carboxylic acids is 6. The number of nitrogens with one attached hydrogen (secondary N) is 2. The van der Waals surface area contributed by atoms with E-state index in [-0.39, 0.29) is 26.0 Å². The fourth-order valence-corrected chi connectivity index (χ4v) is 10.4. The van der Waals surface area contributed by atoms with Crippen LogP contribution in [-0.2, 0) is 61.6 Å². The molecule has 0 aromatic carbocycles. The Balaban J connectivity index is 0.00000942. The molecule has 1 saturated heterocycles. The Kier molecular flexibility index (Phi) is 46.8. The average molecular weight is 1240 g/mol. The van der Waals surface area contributed by atoms with Crippen LogP contribution in [0.4, 0.5) is 0 Å². The van der Waals surface area contributed by atoms with Gasteiger partial charge in [0.05, 0.1) is 32.0 Å². The molecule has 1 heterocycles. The number of aliphatic hydroxyl groups excluding tert-OH is 4. The van der Waals surface area contributed by atoms with Gasteiger partial charge in [0.25, 0.3) is 0 Å². The minimum Gasteiger partial charge on any atom is -0.479 e. The van der Waals surface area contributed by atoms with E-state index < -0.39 is 149 Å². The van der Waals surface area contributed by atoms with Crippen LogP contribution in [0, 0.1) is 0 Å². The van der Waals surface area contributed by atoms with Crippen molar-refractivity contribution < 1.29 is 92.0 Å². The Morgan fingerprint density at radius 1 is 0.718 bits per heavy atom. The maximum Gasteiger partial charge on any atom is 0.333 e. The van der Waals surface area contributed by atoms with Crippen molar-refractivity contribution in [2.45, 2.75) is 301 Å². The average Bonchev–Trinajstić information content (AvgIpc) is 1.96. The molecule has 1 aliphatic heterocycles. The van der Waals surface area contributed by atoms with E-state index in [1.54, 1.807) is 0 Å². The maximum atomic E-state index is 13.9. The normalized spacial score (nSPS) is 19.6. The summed E-state index contributed by atoms with van der Waals surface area (Å²) in [5.41, 5.74) is 14.2. The summed E-state index contributed by atoms with van der Waals surface area (Å²) < 4.78 is 36.5. The van der Waals surface area contributed by atoms with E-state index in [1.807, 2.05) is 0 Å². The quantitative estimate of drug-likeness (QED) is 0.0211. The Bertz CT molecular complexity index is 1880. The number of carboxylic acid groups (broad SMARTS) is 1. The standard InChI is InChI=1S/C57H105N5O16.C2H8NO3P/c1-7-9-11-13-15-17-19-21-23-25-27-29-31-33-47(67)76-45(39-64)52(78-48(68)34-32-30-28-26-24-22-20-18-16-14-12-10-8-2)57(6,56(73)74)61-46(66)36-35-43(53(59)70)62(54(71)41(4)58)37-40(3)75-51-49(60-42(5)65)55(72)77-44(38-63)50(51)69;3-1-2-6-7(4)5/h40-41,43-45,49-52,55,63-64,69,72H,7-39,58H2,1-6H3,(H2,59,70)(H,60,65)(H,61,66)(H,73,74);7H,1-3H2,(H,4,5)/t40?,41-,43+,44+,45-,49+,50+,51+,52?,55-,57+;/m0./s1. The number of unbranched alkanes of at least 4 members (excludes halogenated alkanes) is 24. The van der Waals surface area contributed by atoms with Crippen LogP contribution in [0.1, 0.15) is 234 Å². The lowest BCUT2D eigenvalue weighted by molar-refractivity contribution is -0.268. The van der Waals surface area contributed by atoms with Crippen molar-refractivity contribution >= 4 is 49.8 Å². The van der Waals surface area contributed by atoms with Crippen LogP contribution in [-0.4, -0.2) is 176 Å². The van der Waals surface area contributed by atoms with Gasteiger partial charge < -0.3 is 86.6 Å². The maximum absolute atomic E-state index is 13.9. The number of hydrogen-bond acceptors (Lipinski definition) is 19. The molecule has 0 spiro atoms. The number of amides is 4. The first-order valence-electron chi connectivity index (χ1n) is 31.5. The number of carbonyl (C=O) groups is 7. The SMILES string of the molecule is CCCCCCCCCCCCCCCC(=O)OC([C@H](CO)OC(=O)CCCCCCCCCCCCCCC)[C@@](C)(NC(=O)CC[C@H](C(N)=O)N(CC(C)O[C@H]1[C@H](O)[C@@H](CO)O[C@H](O)[C@@H]1NC(C)=O)C(=O)[C@H](C)N)C(=O)O.NCCO[PH](=O)O. The highest BCUT2D eigenvalue weighted by molar-refractivity contribution is 7.32. The number of hydrogen-bond donors (Lipinski definition) is 11. The number of aliphatic carboxylic acids is 1. The predicted molar refractivity (Wildman–Crippen MR) is 321 cm³/mol. The monoisotopic (exact) mass is 1240 g/mol. The molecular formula is C59H113N6O19P. The predicted octanol–water partition coefficient (Wildman–Crippen LogP) is 5.23. The van der Waals surface area contributed by atoms with Crippen LogP contribution in [0.3, 0.4) is 0 Å². The second-order valence-electron chi connectivity index (χ2n) is 22.7. The van der Waals surface area contributed by atoms with Gasteiger partial charge >= 0.3 is 26.2 Å². The molecule has 0 aliphatic carbocycles. The molecule has 4 amide bonds. The first-order valence-corrected chi connectivity index (χ1v) is 32.7. The van der Waals surface area contributed by atoms with Gasteiger partial charge in [0.1, 0.15) is 30.4 Å². The Morgan fingerprint density at radius 3 is 1.53 bits per heavy atom. The smallest absolute Gasteiger partial charge is 0.333 e. The molecule has 1 aliphatic rings. The highest BCUT2D eigenvalue weighted by Gasteiger charge is 2.51. The molecular weight excluding hydrogens is 1130 g/mol. The van der Waals surface area contributed by atoms with Gasteiger partial charge in [0.15, 0.2) is 24.0 Å². The number of rotatable bonds is 50. The van der Waals surface area contributed by atoms with Crippen LogP contribution in [0.25, 0.3) is 0 Å². The number of ether oxygens (including phenoxy) is 4. The molecule has 0 aromatic rings. The molecule has 14 N–H and O–H groups in total. The molecule has 3 unspecified atom stereocenters. The van der Waals surface area contributed by atoms with Crippen molar-refractivity contribution in [2.24, 2.45) is 17.2 Å². The lowest BCUT2D eigenvalue weighted by Crippen LogP contribution is -2.66. The minimum atomic E-state index is -2.73. The number of esters is 2. The molecule has 85 heavy (non-hydrogen) atoms. The second-order valence-corrected chi connectivity index (χ2v) is 23.5. The van der Waals surface area contributed by atoms with Crippen molar-refractivity contribution in [1.82, 2.24) is 15.5 Å². The van der Waals surface area contributed by atoms with Crippen LogP contribution in [0.15, 0.2) is 0 Å². The van der Waals surface area contributed by atoms with Crippen molar-refractivity contribution in [2.75, 3.05) is 32.9 Å². The zero-order valence-corrected chi connectivity index (χ0v) is 53.2. The van der Waals surface area contributed by atoms with Gasteiger partial charge in [-0.25, -0.2) is 4.79 Å². The number of aliphatic hydroxyl groups is 4. The van der Waals surface area contributed by atoms with Gasteiger partial charge in [-0.1, -0.05) is 168 Å². The van der Waals surface area contributed by atoms with Gasteiger partial charge in [0, 0.05) is 39.3 Å². The molecule has 1 fully saturated rings. The first kappa shape index (κ1) is 81.1. The van der Waals surface area contributed by atoms with Gasteiger partial charge in [-0.15, -0.1) is 0 Å². The number of nitrogens with zero attached hydrogens (tertiary/aromatic N) is 1. The summed E-state index contributed by atoms with van der Waals surface area (Å²) in [6.45, 7) is 7.71. The molecule has 0 aromatic heterocycles. The number of carboxylic acids is 1. The minimum absolute atomic E-state index is 0.0461. The van der Waals surface area contributed by atoms with Crippen LogP contribution < -0.4 is 27.8 Å². The third-order valence-corrected chi connectivity index (χ3v) is 15.3. The van der Waals surface area contributed by atoms with Gasteiger partial charge in [-0.3, -0.25) is 33.3 Å². The highest BCUT2D eigenvalue weighted by atomic mass is 31.1. The Labute approximate surface area is 506 Å². The molecule has 498 valence electrons. The summed E-state index contributed by atoms with van der Waals surface area (Å²) in [5.74, 6) is -6.80. The second kappa shape index (κ2) is 49.1. The van der Waals surface area contributed by atoms with E-state index >= 15 is 0 Å². The van der Waals surface area contributed by atoms with Crippen LogP contribution in [0.2, 0.25) is 0 Å². The van der Waals surface area contributed by atoms with Crippen molar-refractivity contribution in [3.8, 4) is 0 Å². The first-order chi connectivity index (χ1) is 40.4. The summed E-state index contributed by atoms with van der Waals surface area (Å²) in [5, 5.41) is 57.6. The molecule has 25 nitrogen and oxygen atoms in total. The zero-order valence-electron chi connectivity index (χ0n) is 52.2. The summed E-state index contributed by atoms with van der Waals surface area (Å²) in [6.07, 6.45) is 16.1. The van der Waals surface area contributed by atoms with Crippen molar-refractivity contribution in [3.63, 3.8) is 0 Å². The number of nitrogens with two attached hydrogens (primary N) is 3. The third kappa shape index (κ3) is 36.3. The third-order valence-electron chi connectivity index (χ3n) is 14.9. The van der Waals surface area contributed by atoms with Crippen molar-refractivity contribution in [1.29, 1.82) is 0 Å². The van der Waals surface area contributed by atoms with Crippen molar-refractivity contribution in [3.05, 3.63) is 0 Å². The molecule has 1 rings (SSSR count). The Morgan fingerprint density at radius 2 is 1.16 bits per heavy atom. The topological polar surface area (TPSA) is 409 Å². The van der Waals surface area contributed by atoms with E-state index in [0.717, 1.165) is 76.5 Å². The highest BCUT2D eigenvalue weighted by Crippen LogP contribution is 2.27. The summed E-state index contributed by atoms with van der Waals surface area (Å²) in [7, 11) is -2.73. The lowest BCUT2D eigenvalue weighted by Gasteiger charge is -2.44. The van der Waals surface area contributed by atoms with E-state index in [0.29, 0.717) is 19.3 Å². The van der Waals surface area contributed by atoms with Crippen LogP contribution in [0.5, 0.6) is 0 Å². The summed E-state index contributed by atoms with van der Waals surface area (Å²) in [6, 6.07) is -4.12. The molecule has 0 saturated carbocycles. The fraction of sp³-hybridized carbons (Fsp3) is 0.881. The lowest BCUT2D eigenvalue weighted by atomic mass is 9.89. The molecule has 26 heteroatoms. The van der Waals surface area contributed by atoms with E-state index in [2.05, 4.69) is 29.0 Å². The summed E-state index contributed by atoms with van der Waals surface area (Å²) in [4.78, 5) is 102. The summed E-state index contributed by atoms with van der Waals surface area (Å²) >= 11 is 0. The molecule has 0 bridgehead atoms. The largest absolute Gasteiger partial charge is 0.479 e. The van der Waals surface area contributed by atoms with E-state index in [4.69, 9.17) is 41.0 Å². The number of primary amides is 1. The zero-order chi connectivity index (χ0) is 64.2. The van der Waals surface area contributed by atoms with Gasteiger partial charge in [0.2, 0.25) is 23.6 Å². The van der Waals surface area contributed by atoms with E-state index in [9.17, 15) is 63.7 Å². The fourth-order valence-electron chi connectivity index (χ4n) is 10.1.